The third-order valence-electron chi connectivity index (χ3n) is 0.341. The van der Waals surface area contributed by atoms with Crippen molar-refractivity contribution in [1.82, 2.24) is 0 Å². The number of rotatable bonds is 1. The van der Waals surface area contributed by atoms with Gasteiger partial charge in [0.2, 0.25) is 0 Å². The quantitative estimate of drug-likeness (QED) is 0.463. The van der Waals surface area contributed by atoms with Crippen molar-refractivity contribution in [3.8, 4) is 0 Å². The van der Waals surface area contributed by atoms with Gasteiger partial charge < -0.3 is 9.84 Å². The van der Waals surface area contributed by atoms with Crippen LogP contribution in [0.4, 0.5) is 0 Å². The third kappa shape index (κ3) is 8.85. The Bertz CT molecular complexity index is 22.8. The summed E-state index contributed by atoms with van der Waals surface area (Å²) < 4.78 is 4.31. The first kappa shape index (κ1) is 9.96. The fraction of sp³-hybridized carbons (Fsp3) is 1.00. The smallest absolute Gasteiger partial charge is 0.151 e. The molecule has 1 unspecified atom stereocenters. The first-order valence-corrected chi connectivity index (χ1v) is 1.48. The van der Waals surface area contributed by atoms with Gasteiger partial charge >= 0.3 is 0 Å². The average Bonchev–Trinajstić information content (AvgIpc) is 1.38. The van der Waals surface area contributed by atoms with Crippen LogP contribution < -0.4 is 0 Å². The van der Waals surface area contributed by atoms with E-state index in [-0.39, 0.29) is 27.3 Å². The van der Waals surface area contributed by atoms with Crippen LogP contribution in [0.2, 0.25) is 0 Å². The largest absolute Gasteiger partial charge is 0.368 e. The average molecular weight is 189 g/mol. The fourth-order valence-corrected chi connectivity index (χ4v) is 0. The maximum Gasteiger partial charge on any atom is 0.151 e. The second-order valence-corrected chi connectivity index (χ2v) is 0.835. The minimum atomic E-state index is -0.616. The maximum absolute atomic E-state index is 8.14. The van der Waals surface area contributed by atoms with Crippen molar-refractivity contribution in [1.29, 1.82) is 0 Å². The molecule has 0 rings (SSSR count). The van der Waals surface area contributed by atoms with Crippen LogP contribution in [-0.4, -0.2) is 18.5 Å². The van der Waals surface area contributed by atoms with Gasteiger partial charge in [-0.05, 0) is 6.92 Å². The van der Waals surface area contributed by atoms with Crippen LogP contribution in [0.15, 0.2) is 0 Å². The Labute approximate surface area is 57.7 Å². The fourth-order valence-electron chi connectivity index (χ4n) is 0. The van der Waals surface area contributed by atoms with E-state index in [9.17, 15) is 0 Å². The van der Waals surface area contributed by atoms with Crippen LogP contribution in [0.3, 0.4) is 0 Å². The van der Waals surface area contributed by atoms with Crippen LogP contribution in [0.25, 0.3) is 0 Å². The molecule has 0 saturated heterocycles. The van der Waals surface area contributed by atoms with Crippen LogP contribution >= 0.6 is 0 Å². The molecule has 0 bridgehead atoms. The summed E-state index contributed by atoms with van der Waals surface area (Å²) in [7, 11) is 1.45. The van der Waals surface area contributed by atoms with Crippen molar-refractivity contribution in [2.75, 3.05) is 7.11 Å². The molecule has 0 aliphatic carbocycles. The van der Waals surface area contributed by atoms with Gasteiger partial charge in [-0.1, -0.05) is 0 Å². The molecule has 0 fully saturated rings. The molecule has 0 aromatic heterocycles. The van der Waals surface area contributed by atoms with Crippen molar-refractivity contribution in [2.45, 2.75) is 13.2 Å². The Balaban J connectivity index is 0. The van der Waals surface area contributed by atoms with E-state index in [1.807, 2.05) is 0 Å². The van der Waals surface area contributed by atoms with Crippen molar-refractivity contribution < 1.29 is 37.1 Å². The second-order valence-electron chi connectivity index (χ2n) is 0.835. The molecule has 0 radical (unpaired) electrons. The van der Waals surface area contributed by atoms with E-state index in [1.54, 1.807) is 6.92 Å². The van der Waals surface area contributed by atoms with Gasteiger partial charge in [-0.25, -0.2) is 0 Å². The minimum absolute atomic E-state index is 0. The number of aliphatic hydroxyl groups excluding tert-OH is 1. The van der Waals surface area contributed by atoms with Crippen LogP contribution in [0.1, 0.15) is 6.92 Å². The molecule has 34 valence electrons. The summed E-state index contributed by atoms with van der Waals surface area (Å²) in [5.74, 6) is 0. The first-order chi connectivity index (χ1) is 2.27. The van der Waals surface area contributed by atoms with E-state index in [4.69, 9.17) is 5.11 Å². The molecule has 1 N–H and O–H groups in total. The van der Waals surface area contributed by atoms with Gasteiger partial charge in [-0.15, -0.1) is 0 Å². The molecule has 0 aromatic carbocycles. The van der Waals surface area contributed by atoms with Gasteiger partial charge in [-0.3, -0.25) is 0 Å². The molecule has 0 aliphatic rings. The third-order valence-corrected chi connectivity index (χ3v) is 0.341. The Morgan fingerprint density at radius 3 is 1.83 bits per heavy atom. The molecule has 0 saturated carbocycles. The Hall–Kier alpha value is 0.842. The molecule has 0 heterocycles. The number of aliphatic hydroxyl groups is 1. The number of ether oxygens (including phenoxy) is 1. The van der Waals surface area contributed by atoms with Gasteiger partial charge in [0.15, 0.2) is 6.29 Å². The van der Waals surface area contributed by atoms with E-state index in [2.05, 4.69) is 4.74 Å². The van der Waals surface area contributed by atoms with Crippen LogP contribution in [-0.2, 0) is 32.0 Å². The number of methoxy groups -OCH3 is 1. The van der Waals surface area contributed by atoms with Gasteiger partial charge in [0.05, 0.1) is 0 Å². The standard InChI is InChI=1S/C3H8O2.Cd/c1-3(4)5-2;/h3-4H,1-2H3;. The minimum Gasteiger partial charge on any atom is -0.368 e. The monoisotopic (exact) mass is 190 g/mol. The topological polar surface area (TPSA) is 29.5 Å². The summed E-state index contributed by atoms with van der Waals surface area (Å²) in [4.78, 5) is 0. The van der Waals surface area contributed by atoms with E-state index in [1.165, 1.54) is 7.11 Å². The summed E-state index contributed by atoms with van der Waals surface area (Å²) in [5, 5.41) is 8.14. The van der Waals surface area contributed by atoms with Gasteiger partial charge in [0.1, 0.15) is 0 Å². The van der Waals surface area contributed by atoms with Crippen molar-refractivity contribution in [3.05, 3.63) is 0 Å². The molecule has 3 heteroatoms. The molecule has 0 aliphatic heterocycles. The maximum atomic E-state index is 8.14. The van der Waals surface area contributed by atoms with Gasteiger partial charge in [0.25, 0.3) is 0 Å². The molecule has 6 heavy (non-hydrogen) atoms. The van der Waals surface area contributed by atoms with Gasteiger partial charge in [0, 0.05) is 34.4 Å². The van der Waals surface area contributed by atoms with E-state index >= 15 is 0 Å². The summed E-state index contributed by atoms with van der Waals surface area (Å²) >= 11 is 0. The predicted octanol–water partition coefficient (Wildman–Crippen LogP) is -0.0314. The summed E-state index contributed by atoms with van der Waals surface area (Å²) in [6, 6.07) is 0. The van der Waals surface area contributed by atoms with Crippen LogP contribution in [0, 0.1) is 0 Å². The molecule has 0 amide bonds. The van der Waals surface area contributed by atoms with E-state index < -0.39 is 6.29 Å². The molecule has 0 aromatic rings. The Morgan fingerprint density at radius 2 is 1.83 bits per heavy atom. The summed E-state index contributed by atoms with van der Waals surface area (Å²) in [6.45, 7) is 1.56. The Kier molecular flexibility index (Phi) is 9.70. The zero-order valence-electron chi connectivity index (χ0n) is 4.14. The van der Waals surface area contributed by atoms with Gasteiger partial charge in [-0.2, -0.15) is 0 Å². The first-order valence-electron chi connectivity index (χ1n) is 1.48. The normalized spacial score (nSPS) is 12.5. The molecular weight excluding hydrogens is 180 g/mol. The molecular formula is C3H8CdO2. The summed E-state index contributed by atoms with van der Waals surface area (Å²) in [5.41, 5.74) is 0. The van der Waals surface area contributed by atoms with E-state index in [0.29, 0.717) is 0 Å². The summed E-state index contributed by atoms with van der Waals surface area (Å²) in [6.07, 6.45) is -0.616. The van der Waals surface area contributed by atoms with Crippen molar-refractivity contribution in [2.24, 2.45) is 0 Å². The predicted molar refractivity (Wildman–Crippen MR) is 18.7 cm³/mol. The SMILES string of the molecule is COC(C)O.[Cd]. The zero-order valence-corrected chi connectivity index (χ0v) is 8.18. The van der Waals surface area contributed by atoms with E-state index in [0.717, 1.165) is 0 Å². The zero-order chi connectivity index (χ0) is 4.28. The molecule has 0 spiro atoms. The number of hydrogen-bond acceptors (Lipinski definition) is 2. The van der Waals surface area contributed by atoms with Crippen LogP contribution in [0.5, 0.6) is 0 Å². The van der Waals surface area contributed by atoms with Crippen molar-refractivity contribution in [3.63, 3.8) is 0 Å². The van der Waals surface area contributed by atoms with Crippen molar-refractivity contribution >= 4 is 0 Å². The molecule has 1 atom stereocenters. The molecule has 2 nitrogen and oxygen atoms in total. The second kappa shape index (κ2) is 5.84. The Morgan fingerprint density at radius 1 is 1.67 bits per heavy atom. The number of hydrogen-bond donors (Lipinski definition) is 1.